The fourth-order valence-corrected chi connectivity index (χ4v) is 4.98. The molecule has 4 nitrogen and oxygen atoms in total. The van der Waals surface area contributed by atoms with E-state index in [2.05, 4.69) is 28.0 Å². The number of ether oxygens (including phenoxy) is 1. The Bertz CT molecular complexity index is 479. The SMILES string of the molecule is Cn1cc(CN2CC3(C[C@@H](OCC4CC4)CS3)C2)cn1. The van der Waals surface area contributed by atoms with Gasteiger partial charge in [0.1, 0.15) is 0 Å². The zero-order chi connectivity index (χ0) is 13.6. The predicted molar refractivity (Wildman–Crippen MR) is 80.8 cm³/mol. The lowest BCUT2D eigenvalue weighted by molar-refractivity contribution is 0.0305. The van der Waals surface area contributed by atoms with Crippen LogP contribution in [-0.4, -0.2) is 51.0 Å². The first-order valence-corrected chi connectivity index (χ1v) is 8.65. The Morgan fingerprint density at radius 3 is 3.00 bits per heavy atom. The summed E-state index contributed by atoms with van der Waals surface area (Å²) in [7, 11) is 1.98. The first-order chi connectivity index (χ1) is 9.71. The summed E-state index contributed by atoms with van der Waals surface area (Å²) in [6, 6.07) is 0. The molecule has 5 heteroatoms. The molecule has 1 atom stereocenters. The fourth-order valence-electron chi connectivity index (χ4n) is 3.38. The third kappa shape index (κ3) is 2.76. The van der Waals surface area contributed by atoms with Crippen LogP contribution in [0.25, 0.3) is 0 Å². The molecule has 0 amide bonds. The van der Waals surface area contributed by atoms with Gasteiger partial charge in [-0.05, 0) is 25.2 Å². The van der Waals surface area contributed by atoms with E-state index in [1.807, 2.05) is 17.9 Å². The summed E-state index contributed by atoms with van der Waals surface area (Å²) in [5, 5.41) is 4.24. The van der Waals surface area contributed by atoms with Crippen LogP contribution in [0.4, 0.5) is 0 Å². The van der Waals surface area contributed by atoms with Gasteiger partial charge in [-0.1, -0.05) is 0 Å². The van der Waals surface area contributed by atoms with Crippen molar-refractivity contribution in [3.05, 3.63) is 18.0 Å². The molecular formula is C15H23N3OS. The van der Waals surface area contributed by atoms with E-state index in [4.69, 9.17) is 4.74 Å². The minimum atomic E-state index is 0.496. The summed E-state index contributed by atoms with van der Waals surface area (Å²) in [6.45, 7) is 4.50. The van der Waals surface area contributed by atoms with Crippen LogP contribution in [0.3, 0.4) is 0 Å². The number of aromatic nitrogens is 2. The molecule has 4 rings (SSSR count). The first-order valence-electron chi connectivity index (χ1n) is 7.66. The topological polar surface area (TPSA) is 30.3 Å². The van der Waals surface area contributed by atoms with E-state index in [0.717, 1.165) is 19.1 Å². The molecule has 0 unspecified atom stereocenters. The van der Waals surface area contributed by atoms with Crippen LogP contribution in [0.2, 0.25) is 0 Å². The Labute approximate surface area is 124 Å². The Balaban J connectivity index is 1.23. The maximum absolute atomic E-state index is 6.06. The van der Waals surface area contributed by atoms with Gasteiger partial charge < -0.3 is 4.74 Å². The van der Waals surface area contributed by atoms with Crippen molar-refractivity contribution in [2.24, 2.45) is 13.0 Å². The monoisotopic (exact) mass is 293 g/mol. The molecule has 2 aliphatic heterocycles. The number of likely N-dealkylation sites (tertiary alicyclic amines) is 1. The van der Waals surface area contributed by atoms with Gasteiger partial charge in [0.05, 0.1) is 12.3 Å². The van der Waals surface area contributed by atoms with Gasteiger partial charge in [-0.15, -0.1) is 11.8 Å². The second-order valence-electron chi connectivity index (χ2n) is 6.76. The van der Waals surface area contributed by atoms with E-state index in [9.17, 15) is 0 Å². The molecule has 1 aromatic rings. The Hall–Kier alpha value is -0.520. The van der Waals surface area contributed by atoms with Crippen LogP contribution in [-0.2, 0) is 18.3 Å². The Morgan fingerprint density at radius 2 is 2.30 bits per heavy atom. The van der Waals surface area contributed by atoms with Crippen molar-refractivity contribution in [2.75, 3.05) is 25.4 Å². The average molecular weight is 293 g/mol. The van der Waals surface area contributed by atoms with Crippen LogP contribution in [0.15, 0.2) is 12.4 Å². The van der Waals surface area contributed by atoms with E-state index in [1.54, 1.807) is 0 Å². The number of nitrogens with zero attached hydrogens (tertiary/aromatic N) is 3. The number of hydrogen-bond acceptors (Lipinski definition) is 4. The zero-order valence-corrected chi connectivity index (χ0v) is 12.9. The molecule has 0 radical (unpaired) electrons. The molecule has 110 valence electrons. The lowest BCUT2D eigenvalue weighted by Gasteiger charge is -2.47. The molecule has 1 saturated carbocycles. The number of hydrogen-bond donors (Lipinski definition) is 0. The Morgan fingerprint density at radius 1 is 1.45 bits per heavy atom. The zero-order valence-electron chi connectivity index (χ0n) is 12.1. The highest BCUT2D eigenvalue weighted by Crippen LogP contribution is 2.46. The van der Waals surface area contributed by atoms with E-state index in [1.165, 1.54) is 43.7 Å². The highest BCUT2D eigenvalue weighted by atomic mass is 32.2. The molecule has 1 aromatic heterocycles. The van der Waals surface area contributed by atoms with Crippen molar-refractivity contribution >= 4 is 11.8 Å². The predicted octanol–water partition coefficient (Wildman–Crippen LogP) is 1.91. The van der Waals surface area contributed by atoms with Crippen LogP contribution in [0.1, 0.15) is 24.8 Å². The van der Waals surface area contributed by atoms with Gasteiger partial charge in [0.15, 0.2) is 0 Å². The second-order valence-corrected chi connectivity index (χ2v) is 8.25. The highest BCUT2D eigenvalue weighted by Gasteiger charge is 2.49. The summed E-state index contributed by atoms with van der Waals surface area (Å²) in [5.41, 5.74) is 1.33. The largest absolute Gasteiger partial charge is 0.377 e. The van der Waals surface area contributed by atoms with Crippen molar-refractivity contribution < 1.29 is 4.74 Å². The van der Waals surface area contributed by atoms with Gasteiger partial charge in [0.2, 0.25) is 0 Å². The molecule has 1 spiro atoms. The van der Waals surface area contributed by atoms with E-state index < -0.39 is 0 Å². The third-order valence-electron chi connectivity index (χ3n) is 4.63. The van der Waals surface area contributed by atoms with Crippen molar-refractivity contribution in [1.29, 1.82) is 0 Å². The third-order valence-corrected chi connectivity index (χ3v) is 6.20. The Kier molecular flexibility index (Phi) is 3.32. The molecule has 1 aliphatic carbocycles. The van der Waals surface area contributed by atoms with Crippen LogP contribution < -0.4 is 0 Å². The number of rotatable bonds is 5. The summed E-state index contributed by atoms with van der Waals surface area (Å²) in [5.74, 6) is 2.09. The highest BCUT2D eigenvalue weighted by molar-refractivity contribution is 8.01. The number of aryl methyl sites for hydroxylation is 1. The molecule has 3 aliphatic rings. The van der Waals surface area contributed by atoms with Crippen molar-refractivity contribution in [3.8, 4) is 0 Å². The molecule has 3 fully saturated rings. The standard InChI is InChI=1S/C15H23N3OS/c1-17-6-13(5-16-17)7-18-10-15(11-18)4-14(9-20-15)19-8-12-2-3-12/h5-6,12,14H,2-4,7-11H2,1H3/t14-/m1/s1. The molecule has 0 aromatic carbocycles. The van der Waals surface area contributed by atoms with E-state index >= 15 is 0 Å². The van der Waals surface area contributed by atoms with Crippen LogP contribution >= 0.6 is 11.8 Å². The second kappa shape index (κ2) is 5.04. The van der Waals surface area contributed by atoms with Crippen molar-refractivity contribution in [3.63, 3.8) is 0 Å². The van der Waals surface area contributed by atoms with Crippen molar-refractivity contribution in [1.82, 2.24) is 14.7 Å². The summed E-state index contributed by atoms with van der Waals surface area (Å²) < 4.78 is 8.44. The number of thioether (sulfide) groups is 1. The normalized spacial score (nSPS) is 28.9. The van der Waals surface area contributed by atoms with Crippen molar-refractivity contribution in [2.45, 2.75) is 36.7 Å². The summed E-state index contributed by atoms with van der Waals surface area (Å²) in [4.78, 5) is 2.54. The molecule has 3 heterocycles. The molecule has 20 heavy (non-hydrogen) atoms. The lowest BCUT2D eigenvalue weighted by atomic mass is 9.92. The van der Waals surface area contributed by atoms with Gasteiger partial charge in [-0.2, -0.15) is 5.10 Å². The summed E-state index contributed by atoms with van der Waals surface area (Å²) in [6.07, 6.45) is 8.66. The van der Waals surface area contributed by atoms with Gasteiger partial charge in [0, 0.05) is 55.5 Å². The van der Waals surface area contributed by atoms with Gasteiger partial charge in [-0.3, -0.25) is 9.58 Å². The van der Waals surface area contributed by atoms with E-state index in [0.29, 0.717) is 10.9 Å². The maximum atomic E-state index is 6.06. The average Bonchev–Trinajstić information content (AvgIpc) is 2.98. The molecule has 0 N–H and O–H groups in total. The van der Waals surface area contributed by atoms with Crippen LogP contribution in [0.5, 0.6) is 0 Å². The first kappa shape index (κ1) is 13.2. The maximum Gasteiger partial charge on any atom is 0.0680 e. The van der Waals surface area contributed by atoms with Gasteiger partial charge >= 0.3 is 0 Å². The van der Waals surface area contributed by atoms with Gasteiger partial charge in [0.25, 0.3) is 0 Å². The lowest BCUT2D eigenvalue weighted by Crippen LogP contribution is -2.58. The van der Waals surface area contributed by atoms with E-state index in [-0.39, 0.29) is 0 Å². The molecule has 0 bridgehead atoms. The molecule has 2 saturated heterocycles. The quantitative estimate of drug-likeness (QED) is 0.829. The molecular weight excluding hydrogens is 270 g/mol. The smallest absolute Gasteiger partial charge is 0.0680 e. The fraction of sp³-hybridized carbons (Fsp3) is 0.800. The van der Waals surface area contributed by atoms with Gasteiger partial charge in [-0.25, -0.2) is 0 Å². The minimum Gasteiger partial charge on any atom is -0.377 e. The van der Waals surface area contributed by atoms with Crippen LogP contribution in [0, 0.1) is 5.92 Å². The summed E-state index contributed by atoms with van der Waals surface area (Å²) >= 11 is 2.14. The minimum absolute atomic E-state index is 0.496.